The number of rotatable bonds is 11. The second-order valence-corrected chi connectivity index (χ2v) is 9.27. The average molecular weight is 514 g/mol. The zero-order valence-electron chi connectivity index (χ0n) is 22.0. The summed E-state index contributed by atoms with van der Waals surface area (Å²) in [5, 5.41) is 9.68. The predicted octanol–water partition coefficient (Wildman–Crippen LogP) is 5.37. The predicted molar refractivity (Wildman–Crippen MR) is 146 cm³/mol. The first-order chi connectivity index (χ1) is 18.3. The molecule has 2 aromatic heterocycles. The molecule has 1 unspecified atom stereocenters. The highest BCUT2D eigenvalue weighted by atomic mass is 16.5. The van der Waals surface area contributed by atoms with E-state index in [9.17, 15) is 14.7 Å². The molecule has 9 heteroatoms. The zero-order valence-corrected chi connectivity index (χ0v) is 22.0. The van der Waals surface area contributed by atoms with Crippen LogP contribution in [0.4, 0.5) is 11.4 Å². The maximum absolute atomic E-state index is 11.8. The number of unbranched alkanes of at least 4 members (excludes halogenated alkanes) is 1. The summed E-state index contributed by atoms with van der Waals surface area (Å²) in [7, 11) is 3.76. The number of aryl methyl sites for hydroxylation is 2. The van der Waals surface area contributed by atoms with Gasteiger partial charge >= 0.3 is 5.97 Å². The van der Waals surface area contributed by atoms with Crippen LogP contribution in [0.5, 0.6) is 5.75 Å². The first-order valence-corrected chi connectivity index (χ1v) is 12.5. The van der Waals surface area contributed by atoms with Crippen LogP contribution in [0.15, 0.2) is 59.6 Å². The number of carbonyl (C=O) groups is 1. The Morgan fingerprint density at radius 2 is 1.84 bits per heavy atom. The van der Waals surface area contributed by atoms with Gasteiger partial charge in [-0.1, -0.05) is 55.8 Å². The molecule has 0 saturated heterocycles. The van der Waals surface area contributed by atoms with Crippen LogP contribution in [0.25, 0.3) is 11.2 Å². The van der Waals surface area contributed by atoms with Crippen molar-refractivity contribution in [3.05, 3.63) is 77.2 Å². The molecule has 1 N–H and O–H groups in total. The average Bonchev–Trinajstić information content (AvgIpc) is 3.23. The van der Waals surface area contributed by atoms with E-state index in [0.29, 0.717) is 34.7 Å². The Kier molecular flexibility index (Phi) is 8.19. The normalized spacial score (nSPS) is 11.7. The second-order valence-electron chi connectivity index (χ2n) is 9.27. The van der Waals surface area contributed by atoms with Crippen molar-refractivity contribution < 1.29 is 19.4 Å². The molecule has 0 spiro atoms. The molecule has 1 atom stereocenters. The summed E-state index contributed by atoms with van der Waals surface area (Å²) in [6, 6.07) is 16.2. The van der Waals surface area contributed by atoms with Gasteiger partial charge in [0.2, 0.25) is 12.2 Å². The van der Waals surface area contributed by atoms with Gasteiger partial charge in [0.05, 0.1) is 17.9 Å². The van der Waals surface area contributed by atoms with E-state index >= 15 is 0 Å². The van der Waals surface area contributed by atoms with Crippen LogP contribution in [0, 0.1) is 6.92 Å². The molecular formula is C29H31N5O4. The third kappa shape index (κ3) is 5.58. The number of benzene rings is 2. The first kappa shape index (κ1) is 26.6. The van der Waals surface area contributed by atoms with Gasteiger partial charge in [0, 0.05) is 26.1 Å². The van der Waals surface area contributed by atoms with Crippen molar-refractivity contribution in [1.29, 1.82) is 0 Å². The number of aliphatic imine (C=N–C) groups is 1. The molecule has 2 heterocycles. The number of hydrogen-bond donors (Lipinski definition) is 1. The Hall–Kier alpha value is -4.49. The number of isocyanates is 1. The third-order valence-corrected chi connectivity index (χ3v) is 6.29. The van der Waals surface area contributed by atoms with Crippen LogP contribution in [-0.4, -0.2) is 45.8 Å². The van der Waals surface area contributed by atoms with Crippen molar-refractivity contribution >= 4 is 34.6 Å². The fraction of sp³-hybridized carbons (Fsp3) is 0.310. The molecule has 38 heavy (non-hydrogen) atoms. The molecule has 0 saturated carbocycles. The molecule has 0 amide bonds. The Morgan fingerprint density at radius 3 is 2.45 bits per heavy atom. The van der Waals surface area contributed by atoms with E-state index in [2.05, 4.69) is 16.5 Å². The zero-order chi connectivity index (χ0) is 27.2. The Morgan fingerprint density at radius 1 is 1.13 bits per heavy atom. The number of aromatic nitrogens is 3. The minimum Gasteiger partial charge on any atom is -0.478 e. The number of hydrogen-bond acceptors (Lipinski definition) is 7. The van der Waals surface area contributed by atoms with Crippen molar-refractivity contribution in [3.63, 3.8) is 0 Å². The largest absolute Gasteiger partial charge is 0.478 e. The van der Waals surface area contributed by atoms with Crippen molar-refractivity contribution in [2.45, 2.75) is 45.8 Å². The second kappa shape index (κ2) is 11.7. The summed E-state index contributed by atoms with van der Waals surface area (Å²) < 4.78 is 7.87. The van der Waals surface area contributed by atoms with E-state index in [4.69, 9.17) is 14.7 Å². The van der Waals surface area contributed by atoms with E-state index < -0.39 is 12.1 Å². The van der Waals surface area contributed by atoms with Crippen molar-refractivity contribution in [2.75, 3.05) is 19.0 Å². The molecule has 2 aromatic carbocycles. The molecule has 0 aliphatic rings. The van der Waals surface area contributed by atoms with Crippen LogP contribution >= 0.6 is 0 Å². The number of fused-ring (bicyclic) bond motifs is 1. The lowest BCUT2D eigenvalue weighted by Crippen LogP contribution is -2.18. The number of anilines is 1. The summed E-state index contributed by atoms with van der Waals surface area (Å²) in [5.74, 6) is 0.263. The van der Waals surface area contributed by atoms with Crippen molar-refractivity contribution in [3.8, 4) is 5.75 Å². The standard InChI is InChI=1S/C29H31N5O4/c1-5-6-12-23-32-25-24(30-18-35)26(33(3)4)19(2)31-28(25)34(23)17-20-13-15-22(16-14-20)38-27(29(36)37)21-10-8-7-9-11-21/h7-11,13-16,27H,5-6,12,17H2,1-4H3,(H,36,37). The maximum Gasteiger partial charge on any atom is 0.349 e. The summed E-state index contributed by atoms with van der Waals surface area (Å²) in [6.07, 6.45) is 3.30. The quantitative estimate of drug-likeness (QED) is 0.212. The number of carboxylic acid groups (broad SMARTS) is 1. The molecular weight excluding hydrogens is 482 g/mol. The molecule has 4 aromatic rings. The van der Waals surface area contributed by atoms with E-state index in [1.165, 1.54) is 0 Å². The van der Waals surface area contributed by atoms with Gasteiger partial charge in [-0.3, -0.25) is 0 Å². The van der Waals surface area contributed by atoms with Gasteiger partial charge in [0.25, 0.3) is 0 Å². The number of carbonyl (C=O) groups excluding carboxylic acids is 1. The smallest absolute Gasteiger partial charge is 0.349 e. The Bertz CT molecular complexity index is 1470. The summed E-state index contributed by atoms with van der Waals surface area (Å²) in [4.78, 5) is 38.7. The van der Waals surface area contributed by atoms with Gasteiger partial charge in [-0.15, -0.1) is 0 Å². The molecule has 0 aliphatic carbocycles. The molecule has 196 valence electrons. The third-order valence-electron chi connectivity index (χ3n) is 6.29. The Balaban J connectivity index is 1.69. The monoisotopic (exact) mass is 513 g/mol. The van der Waals surface area contributed by atoms with E-state index in [1.807, 2.05) is 44.1 Å². The first-order valence-electron chi connectivity index (χ1n) is 12.5. The number of ether oxygens (including phenoxy) is 1. The van der Waals surface area contributed by atoms with Crippen LogP contribution in [0.2, 0.25) is 0 Å². The van der Waals surface area contributed by atoms with Crippen molar-refractivity contribution in [1.82, 2.24) is 14.5 Å². The highest BCUT2D eigenvalue weighted by Gasteiger charge is 2.23. The lowest BCUT2D eigenvalue weighted by Gasteiger charge is -2.17. The summed E-state index contributed by atoms with van der Waals surface area (Å²) in [5.41, 5.74) is 4.71. The molecule has 0 aliphatic heterocycles. The number of nitrogens with zero attached hydrogens (tertiary/aromatic N) is 5. The molecule has 0 radical (unpaired) electrons. The van der Waals surface area contributed by atoms with Gasteiger partial charge in [-0.25, -0.2) is 19.6 Å². The topological polar surface area (TPSA) is 110 Å². The number of pyridine rings is 1. The number of aliphatic carboxylic acids is 1. The van der Waals surface area contributed by atoms with Gasteiger partial charge in [0.15, 0.2) is 5.65 Å². The minimum atomic E-state index is -1.10. The summed E-state index contributed by atoms with van der Waals surface area (Å²) in [6.45, 7) is 4.51. The van der Waals surface area contributed by atoms with Crippen LogP contribution in [0.1, 0.15) is 48.5 Å². The lowest BCUT2D eigenvalue weighted by molar-refractivity contribution is -0.145. The molecule has 4 rings (SSSR count). The minimum absolute atomic E-state index is 0.457. The maximum atomic E-state index is 11.8. The Labute approximate surface area is 221 Å². The number of carboxylic acids is 1. The van der Waals surface area contributed by atoms with Gasteiger partial charge in [-0.05, 0) is 31.0 Å². The molecule has 9 nitrogen and oxygen atoms in total. The highest BCUT2D eigenvalue weighted by molar-refractivity contribution is 5.94. The van der Waals surface area contributed by atoms with Gasteiger partial charge < -0.3 is 19.3 Å². The highest BCUT2D eigenvalue weighted by Crippen LogP contribution is 2.37. The van der Waals surface area contributed by atoms with E-state index in [0.717, 1.165) is 42.0 Å². The van der Waals surface area contributed by atoms with Crippen LogP contribution < -0.4 is 9.64 Å². The lowest BCUT2D eigenvalue weighted by atomic mass is 10.1. The van der Waals surface area contributed by atoms with Crippen LogP contribution in [-0.2, 0) is 22.6 Å². The van der Waals surface area contributed by atoms with Crippen molar-refractivity contribution in [2.24, 2.45) is 4.99 Å². The summed E-state index contributed by atoms with van der Waals surface area (Å²) >= 11 is 0. The fourth-order valence-electron chi connectivity index (χ4n) is 4.52. The molecule has 0 fully saturated rings. The van der Waals surface area contributed by atoms with Gasteiger partial charge in [0.1, 0.15) is 22.8 Å². The fourth-order valence-corrected chi connectivity index (χ4v) is 4.52. The number of imidazole rings is 1. The van der Waals surface area contributed by atoms with Gasteiger partial charge in [-0.2, -0.15) is 4.99 Å². The van der Waals surface area contributed by atoms with Crippen LogP contribution in [0.3, 0.4) is 0 Å². The van der Waals surface area contributed by atoms with E-state index in [1.54, 1.807) is 42.5 Å². The van der Waals surface area contributed by atoms with E-state index in [-0.39, 0.29) is 0 Å². The SMILES string of the molecule is CCCCc1nc2c(N=C=O)c(N(C)C)c(C)nc2n1Cc1ccc(OC(C(=O)O)c2ccccc2)cc1. The molecule has 0 bridgehead atoms.